The summed E-state index contributed by atoms with van der Waals surface area (Å²) in [4.78, 5) is 2.50. The third-order valence-electron chi connectivity index (χ3n) is 4.21. The van der Waals surface area contributed by atoms with Crippen molar-refractivity contribution >= 4 is 0 Å². The molecule has 0 aromatic carbocycles. The van der Waals surface area contributed by atoms with Gasteiger partial charge in [0.25, 0.3) is 0 Å². The fourth-order valence-electron chi connectivity index (χ4n) is 3.07. The van der Waals surface area contributed by atoms with Gasteiger partial charge >= 0.3 is 0 Å². The third-order valence-corrected chi connectivity index (χ3v) is 4.21. The van der Waals surface area contributed by atoms with Crippen molar-refractivity contribution in [2.75, 3.05) is 33.4 Å². The zero-order valence-corrected chi connectivity index (χ0v) is 12.8. The summed E-state index contributed by atoms with van der Waals surface area (Å²) in [5.41, 5.74) is 7.26. The van der Waals surface area contributed by atoms with Crippen LogP contribution in [0.25, 0.3) is 0 Å². The Labute approximate surface area is 122 Å². The predicted molar refractivity (Wildman–Crippen MR) is 80.5 cm³/mol. The molecule has 2 rings (SSSR count). The molecule has 1 aliphatic rings. The molecule has 1 unspecified atom stereocenters. The highest BCUT2D eigenvalue weighted by Gasteiger charge is 2.26. The molecule has 0 bridgehead atoms. The number of aromatic nitrogens is 2. The molecule has 1 aromatic heterocycles. The van der Waals surface area contributed by atoms with Crippen LogP contribution in [0, 0.1) is 5.92 Å². The van der Waals surface area contributed by atoms with Gasteiger partial charge in [-0.2, -0.15) is 5.10 Å². The fraction of sp³-hybridized carbons (Fsp3) is 0.800. The summed E-state index contributed by atoms with van der Waals surface area (Å²) in [6.07, 6.45) is 7.65. The predicted octanol–water partition coefficient (Wildman–Crippen LogP) is 1.65. The van der Waals surface area contributed by atoms with Crippen molar-refractivity contribution in [1.82, 2.24) is 14.7 Å². The van der Waals surface area contributed by atoms with Crippen LogP contribution in [0.15, 0.2) is 12.4 Å². The van der Waals surface area contributed by atoms with Crippen LogP contribution >= 0.6 is 0 Å². The molecular weight excluding hydrogens is 252 g/mol. The van der Waals surface area contributed by atoms with Gasteiger partial charge in [0.1, 0.15) is 0 Å². The highest BCUT2D eigenvalue weighted by atomic mass is 16.5. The van der Waals surface area contributed by atoms with E-state index in [0.717, 1.165) is 32.7 Å². The first-order valence-corrected chi connectivity index (χ1v) is 7.73. The molecule has 2 heterocycles. The number of hydrogen-bond donors (Lipinski definition) is 1. The van der Waals surface area contributed by atoms with E-state index in [1.165, 1.54) is 18.4 Å². The Balaban J connectivity index is 1.94. The van der Waals surface area contributed by atoms with Crippen molar-refractivity contribution in [3.8, 4) is 0 Å². The third kappa shape index (κ3) is 3.81. The molecule has 0 spiro atoms. The second-order valence-electron chi connectivity index (χ2n) is 5.72. The van der Waals surface area contributed by atoms with E-state index in [9.17, 15) is 0 Å². The van der Waals surface area contributed by atoms with Gasteiger partial charge in [-0.15, -0.1) is 0 Å². The summed E-state index contributed by atoms with van der Waals surface area (Å²) in [6.45, 7) is 6.90. The van der Waals surface area contributed by atoms with Crippen LogP contribution < -0.4 is 5.73 Å². The second kappa shape index (κ2) is 7.76. The molecule has 5 heteroatoms. The van der Waals surface area contributed by atoms with E-state index >= 15 is 0 Å². The number of hydrogen-bond acceptors (Lipinski definition) is 4. The minimum absolute atomic E-state index is 0.309. The highest BCUT2D eigenvalue weighted by molar-refractivity contribution is 5.11. The van der Waals surface area contributed by atoms with Crippen LogP contribution in [0.5, 0.6) is 0 Å². The number of nitrogens with zero attached hydrogens (tertiary/aromatic N) is 3. The van der Waals surface area contributed by atoms with Gasteiger partial charge in [0.2, 0.25) is 0 Å². The van der Waals surface area contributed by atoms with Crippen LogP contribution in [0.2, 0.25) is 0 Å². The number of rotatable bonds is 7. The molecule has 0 aliphatic carbocycles. The number of likely N-dealkylation sites (tertiary alicyclic amines) is 1. The van der Waals surface area contributed by atoms with Crippen LogP contribution in [0.1, 0.15) is 37.8 Å². The maximum Gasteiger partial charge on any atom is 0.0538 e. The molecule has 0 saturated carbocycles. The van der Waals surface area contributed by atoms with Gasteiger partial charge in [0.15, 0.2) is 0 Å². The Hall–Kier alpha value is -0.910. The fourth-order valence-corrected chi connectivity index (χ4v) is 3.07. The summed E-state index contributed by atoms with van der Waals surface area (Å²) < 4.78 is 7.29. The molecule has 1 saturated heterocycles. The van der Waals surface area contributed by atoms with Crippen molar-refractivity contribution < 1.29 is 4.74 Å². The van der Waals surface area contributed by atoms with Crippen LogP contribution in [0.4, 0.5) is 0 Å². The average molecular weight is 280 g/mol. The summed E-state index contributed by atoms with van der Waals surface area (Å²) in [7, 11) is 1.79. The summed E-state index contributed by atoms with van der Waals surface area (Å²) in [6, 6.07) is 0.309. The zero-order chi connectivity index (χ0) is 14.4. The number of nitrogens with two attached hydrogens (primary N) is 1. The van der Waals surface area contributed by atoms with Crippen LogP contribution in [-0.4, -0.2) is 48.0 Å². The minimum Gasteiger partial charge on any atom is -0.384 e. The Morgan fingerprint density at radius 3 is 2.80 bits per heavy atom. The van der Waals surface area contributed by atoms with Gasteiger partial charge in [0.05, 0.1) is 12.2 Å². The first-order chi connectivity index (χ1) is 9.78. The number of ether oxygens (including phenoxy) is 1. The first kappa shape index (κ1) is 15.5. The number of aryl methyl sites for hydroxylation is 1. The summed E-state index contributed by atoms with van der Waals surface area (Å²) in [5, 5.41) is 4.43. The number of piperidine rings is 1. The smallest absolute Gasteiger partial charge is 0.0538 e. The molecule has 1 aliphatic heterocycles. The van der Waals surface area contributed by atoms with E-state index in [2.05, 4.69) is 23.1 Å². The van der Waals surface area contributed by atoms with Gasteiger partial charge in [-0.1, -0.05) is 6.92 Å². The molecule has 1 fully saturated rings. The Morgan fingerprint density at radius 1 is 1.45 bits per heavy atom. The second-order valence-corrected chi connectivity index (χ2v) is 5.72. The summed E-state index contributed by atoms with van der Waals surface area (Å²) >= 11 is 0. The van der Waals surface area contributed by atoms with Gasteiger partial charge in [0, 0.05) is 38.6 Å². The van der Waals surface area contributed by atoms with Gasteiger partial charge in [-0.05, 0) is 38.3 Å². The van der Waals surface area contributed by atoms with Crippen LogP contribution in [0.3, 0.4) is 0 Å². The topological polar surface area (TPSA) is 56.3 Å². The molecule has 5 nitrogen and oxygen atoms in total. The molecule has 20 heavy (non-hydrogen) atoms. The molecule has 2 N–H and O–H groups in total. The lowest BCUT2D eigenvalue weighted by Crippen LogP contribution is -2.40. The normalized spacial score (nSPS) is 19.4. The van der Waals surface area contributed by atoms with E-state index in [1.54, 1.807) is 7.11 Å². The molecule has 0 amide bonds. The molecule has 1 aromatic rings. The van der Waals surface area contributed by atoms with Gasteiger partial charge in [-0.3, -0.25) is 9.58 Å². The van der Waals surface area contributed by atoms with Gasteiger partial charge in [-0.25, -0.2) is 0 Å². The maximum absolute atomic E-state index is 6.01. The van der Waals surface area contributed by atoms with E-state index in [-0.39, 0.29) is 0 Å². The van der Waals surface area contributed by atoms with E-state index in [1.807, 2.05) is 10.9 Å². The molecular formula is C15H28N4O. The first-order valence-electron chi connectivity index (χ1n) is 7.73. The van der Waals surface area contributed by atoms with Gasteiger partial charge < -0.3 is 10.5 Å². The van der Waals surface area contributed by atoms with Crippen molar-refractivity contribution in [1.29, 1.82) is 0 Å². The van der Waals surface area contributed by atoms with E-state index < -0.39 is 0 Å². The molecule has 114 valence electrons. The quantitative estimate of drug-likeness (QED) is 0.825. The SMILES string of the molecule is CCCn1cc(C(CN)N2CCC(COC)CC2)cn1. The van der Waals surface area contributed by atoms with Crippen LogP contribution in [-0.2, 0) is 11.3 Å². The Bertz CT molecular complexity index is 385. The average Bonchev–Trinajstić information content (AvgIpc) is 2.91. The van der Waals surface area contributed by atoms with Crippen molar-refractivity contribution in [2.24, 2.45) is 11.7 Å². The molecule has 0 radical (unpaired) electrons. The highest BCUT2D eigenvalue weighted by Crippen LogP contribution is 2.26. The van der Waals surface area contributed by atoms with Crippen molar-refractivity contribution in [3.63, 3.8) is 0 Å². The Kier molecular flexibility index (Phi) is 6.01. The van der Waals surface area contributed by atoms with E-state index in [4.69, 9.17) is 10.5 Å². The minimum atomic E-state index is 0.309. The Morgan fingerprint density at radius 2 is 2.20 bits per heavy atom. The zero-order valence-electron chi connectivity index (χ0n) is 12.8. The lowest BCUT2D eigenvalue weighted by molar-refractivity contribution is 0.0810. The largest absolute Gasteiger partial charge is 0.384 e. The van der Waals surface area contributed by atoms with E-state index in [0.29, 0.717) is 18.5 Å². The maximum atomic E-state index is 6.01. The monoisotopic (exact) mass is 280 g/mol. The van der Waals surface area contributed by atoms with Crippen molar-refractivity contribution in [3.05, 3.63) is 18.0 Å². The lowest BCUT2D eigenvalue weighted by atomic mass is 9.95. The summed E-state index contributed by atoms with van der Waals surface area (Å²) in [5.74, 6) is 0.706. The standard InChI is InChI=1S/C15H28N4O/c1-3-6-19-11-14(10-17-19)15(9-16)18-7-4-13(5-8-18)12-20-2/h10-11,13,15H,3-9,12,16H2,1-2H3. The molecule has 1 atom stereocenters. The number of methoxy groups -OCH3 is 1. The lowest BCUT2D eigenvalue weighted by Gasteiger charge is -2.36. The van der Waals surface area contributed by atoms with Crippen molar-refractivity contribution in [2.45, 2.75) is 38.8 Å².